The Kier molecular flexibility index (Phi) is 4.02. The topological polar surface area (TPSA) is 95.2 Å². The van der Waals surface area contributed by atoms with Gasteiger partial charge in [-0.15, -0.1) is 0 Å². The average Bonchev–Trinajstić information content (AvgIpc) is 2.22. The van der Waals surface area contributed by atoms with Crippen LogP contribution in [0.4, 0.5) is 11.4 Å². The number of hydrogen-bond acceptors (Lipinski definition) is 4. The first-order valence-corrected chi connectivity index (χ1v) is 4.97. The van der Waals surface area contributed by atoms with E-state index in [1.807, 2.05) is 12.2 Å². The molecular weight excluding hydrogens is 206 g/mol. The zero-order chi connectivity index (χ0) is 12.1. The summed E-state index contributed by atoms with van der Waals surface area (Å²) in [4.78, 5) is 10.2. The van der Waals surface area contributed by atoms with Gasteiger partial charge in [0.1, 0.15) is 0 Å². The summed E-state index contributed by atoms with van der Waals surface area (Å²) in [6, 6.07) is 3.10. The van der Waals surface area contributed by atoms with E-state index >= 15 is 0 Å². The Bertz CT molecular complexity index is 427. The maximum absolute atomic E-state index is 10.7. The van der Waals surface area contributed by atoms with Crippen LogP contribution in [0.3, 0.4) is 0 Å². The summed E-state index contributed by atoms with van der Waals surface area (Å²) in [5, 5.41) is 10.7. The number of anilines is 1. The molecular formula is C11H15N3O2. The van der Waals surface area contributed by atoms with Gasteiger partial charge < -0.3 is 11.5 Å². The summed E-state index contributed by atoms with van der Waals surface area (Å²) in [7, 11) is 0. The molecule has 0 bridgehead atoms. The van der Waals surface area contributed by atoms with Crippen LogP contribution in [0.2, 0.25) is 0 Å². The number of nitro benzene ring substituents is 1. The average molecular weight is 221 g/mol. The highest BCUT2D eigenvalue weighted by Gasteiger charge is 2.12. The lowest BCUT2D eigenvalue weighted by molar-refractivity contribution is -0.385. The first-order chi connectivity index (χ1) is 7.56. The Morgan fingerprint density at radius 2 is 2.19 bits per heavy atom. The summed E-state index contributed by atoms with van der Waals surface area (Å²) < 4.78 is 0. The zero-order valence-electron chi connectivity index (χ0n) is 9.14. The van der Waals surface area contributed by atoms with Crippen molar-refractivity contribution in [3.63, 3.8) is 0 Å². The zero-order valence-corrected chi connectivity index (χ0v) is 9.14. The largest absolute Gasteiger partial charge is 0.398 e. The van der Waals surface area contributed by atoms with Crippen LogP contribution in [0.1, 0.15) is 17.5 Å². The molecule has 5 nitrogen and oxygen atoms in total. The Morgan fingerprint density at radius 3 is 2.75 bits per heavy atom. The number of aryl methyl sites for hydroxylation is 1. The quantitative estimate of drug-likeness (QED) is 0.460. The Hall–Kier alpha value is -1.88. The number of nitrogen functional groups attached to an aromatic ring is 1. The van der Waals surface area contributed by atoms with Gasteiger partial charge in [-0.2, -0.15) is 0 Å². The molecule has 0 fully saturated rings. The van der Waals surface area contributed by atoms with Crippen molar-refractivity contribution in [3.8, 4) is 0 Å². The normalized spacial score (nSPS) is 10.9. The van der Waals surface area contributed by atoms with Crippen LogP contribution in [0.15, 0.2) is 18.2 Å². The van der Waals surface area contributed by atoms with E-state index < -0.39 is 4.92 Å². The molecule has 1 aromatic rings. The van der Waals surface area contributed by atoms with Crippen molar-refractivity contribution < 1.29 is 4.92 Å². The van der Waals surface area contributed by atoms with Crippen molar-refractivity contribution in [1.29, 1.82) is 0 Å². The van der Waals surface area contributed by atoms with Crippen molar-refractivity contribution in [2.45, 2.75) is 13.3 Å². The molecule has 0 unspecified atom stereocenters. The van der Waals surface area contributed by atoms with Crippen molar-refractivity contribution in [2.75, 3.05) is 12.3 Å². The minimum Gasteiger partial charge on any atom is -0.398 e. The number of nitro groups is 1. The second-order valence-electron chi connectivity index (χ2n) is 3.50. The second kappa shape index (κ2) is 5.27. The van der Waals surface area contributed by atoms with Gasteiger partial charge in [-0.1, -0.05) is 12.2 Å². The molecule has 0 saturated heterocycles. The third-order valence-corrected chi connectivity index (χ3v) is 2.23. The van der Waals surface area contributed by atoms with Gasteiger partial charge in [0, 0.05) is 17.3 Å². The first kappa shape index (κ1) is 12.2. The van der Waals surface area contributed by atoms with Gasteiger partial charge in [-0.3, -0.25) is 10.1 Å². The summed E-state index contributed by atoms with van der Waals surface area (Å²) in [5.41, 5.74) is 12.9. The molecule has 1 rings (SSSR count). The van der Waals surface area contributed by atoms with Gasteiger partial charge in [0.25, 0.3) is 5.69 Å². The lowest BCUT2D eigenvalue weighted by Crippen LogP contribution is -1.97. The van der Waals surface area contributed by atoms with E-state index in [0.717, 1.165) is 12.0 Å². The minimum atomic E-state index is -0.431. The van der Waals surface area contributed by atoms with Crippen molar-refractivity contribution in [3.05, 3.63) is 39.4 Å². The molecule has 0 atom stereocenters. The molecule has 0 saturated carbocycles. The van der Waals surface area contributed by atoms with Crippen LogP contribution in [-0.2, 0) is 0 Å². The number of rotatable bonds is 4. The molecule has 16 heavy (non-hydrogen) atoms. The summed E-state index contributed by atoms with van der Waals surface area (Å²) in [6.07, 6.45) is 4.49. The van der Waals surface area contributed by atoms with Gasteiger partial charge in [0.15, 0.2) is 0 Å². The molecule has 0 amide bonds. The molecule has 0 radical (unpaired) electrons. The van der Waals surface area contributed by atoms with E-state index in [-0.39, 0.29) is 5.69 Å². The van der Waals surface area contributed by atoms with Gasteiger partial charge in [-0.25, -0.2) is 0 Å². The number of nitrogens with two attached hydrogens (primary N) is 2. The number of nitrogens with zero attached hydrogens (tertiary/aromatic N) is 1. The lowest BCUT2D eigenvalue weighted by atomic mass is 10.1. The smallest absolute Gasteiger partial charge is 0.274 e. The Balaban J connectivity index is 3.05. The first-order valence-electron chi connectivity index (χ1n) is 4.97. The summed E-state index contributed by atoms with van der Waals surface area (Å²) in [6.45, 7) is 2.26. The van der Waals surface area contributed by atoms with E-state index in [2.05, 4.69) is 0 Å². The molecule has 0 spiro atoms. The van der Waals surface area contributed by atoms with E-state index in [1.54, 1.807) is 13.0 Å². The molecule has 0 aliphatic carbocycles. The number of benzene rings is 1. The molecule has 1 aromatic carbocycles. The molecule has 86 valence electrons. The van der Waals surface area contributed by atoms with Gasteiger partial charge in [0.05, 0.1) is 4.92 Å². The molecule has 0 aromatic heterocycles. The highest BCUT2D eigenvalue weighted by atomic mass is 16.6. The highest BCUT2D eigenvalue weighted by Crippen LogP contribution is 2.25. The van der Waals surface area contributed by atoms with Crippen LogP contribution in [0.5, 0.6) is 0 Å². The van der Waals surface area contributed by atoms with Crippen molar-refractivity contribution >= 4 is 17.5 Å². The van der Waals surface area contributed by atoms with E-state index in [9.17, 15) is 10.1 Å². The van der Waals surface area contributed by atoms with Gasteiger partial charge in [-0.05, 0) is 31.5 Å². The maximum atomic E-state index is 10.7. The molecule has 4 N–H and O–H groups in total. The van der Waals surface area contributed by atoms with Crippen molar-refractivity contribution in [1.82, 2.24) is 0 Å². The molecule has 0 aliphatic rings. The molecule has 0 aliphatic heterocycles. The second-order valence-corrected chi connectivity index (χ2v) is 3.50. The van der Waals surface area contributed by atoms with E-state index in [1.165, 1.54) is 6.07 Å². The number of hydrogen-bond donors (Lipinski definition) is 2. The highest BCUT2D eigenvalue weighted by molar-refractivity contribution is 5.69. The standard InChI is InChI=1S/C11H15N3O2/c1-8-6-9(4-2-3-5-12)10(13)7-11(8)14(15)16/h2,4,6-7H,3,5,12-13H2,1H3. The Morgan fingerprint density at radius 1 is 1.50 bits per heavy atom. The monoisotopic (exact) mass is 221 g/mol. The lowest BCUT2D eigenvalue weighted by Gasteiger charge is -2.03. The van der Waals surface area contributed by atoms with E-state index in [4.69, 9.17) is 11.5 Å². The van der Waals surface area contributed by atoms with Gasteiger partial charge in [0.2, 0.25) is 0 Å². The molecule has 5 heteroatoms. The predicted octanol–water partition coefficient (Wildman–Crippen LogP) is 1.85. The van der Waals surface area contributed by atoms with Crippen LogP contribution >= 0.6 is 0 Å². The van der Waals surface area contributed by atoms with Crippen LogP contribution in [0, 0.1) is 17.0 Å². The third kappa shape index (κ3) is 2.80. The fourth-order valence-corrected chi connectivity index (χ4v) is 1.38. The third-order valence-electron chi connectivity index (χ3n) is 2.23. The minimum absolute atomic E-state index is 0.0495. The van der Waals surface area contributed by atoms with Crippen molar-refractivity contribution in [2.24, 2.45) is 5.73 Å². The van der Waals surface area contributed by atoms with Crippen LogP contribution in [0.25, 0.3) is 6.08 Å². The maximum Gasteiger partial charge on any atom is 0.274 e. The summed E-state index contributed by atoms with van der Waals surface area (Å²) in [5.74, 6) is 0. The van der Waals surface area contributed by atoms with Crippen LogP contribution < -0.4 is 11.5 Å². The van der Waals surface area contributed by atoms with Gasteiger partial charge >= 0.3 is 0 Å². The van der Waals surface area contributed by atoms with E-state index in [0.29, 0.717) is 17.8 Å². The fraction of sp³-hybridized carbons (Fsp3) is 0.273. The fourth-order valence-electron chi connectivity index (χ4n) is 1.38. The SMILES string of the molecule is Cc1cc(C=CCCN)c(N)cc1[N+](=O)[O-]. The van der Waals surface area contributed by atoms with Crippen LogP contribution in [-0.4, -0.2) is 11.5 Å². The molecule has 0 heterocycles. The Labute approximate surface area is 93.9 Å². The summed E-state index contributed by atoms with van der Waals surface area (Å²) >= 11 is 0. The predicted molar refractivity (Wildman–Crippen MR) is 65.0 cm³/mol.